The second-order valence-electron chi connectivity index (χ2n) is 10.4. The highest BCUT2D eigenvalue weighted by molar-refractivity contribution is 5.94. The highest BCUT2D eigenvalue weighted by atomic mass is 19.4. The van der Waals surface area contributed by atoms with E-state index in [1.807, 2.05) is 11.1 Å². The number of hydrogen-bond acceptors (Lipinski definition) is 5. The number of likely N-dealkylation sites (tertiary alicyclic amines) is 1. The number of alkyl halides is 3. The number of morpholine rings is 1. The Hall–Kier alpha value is -3.14. The number of anilines is 1. The maximum Gasteiger partial charge on any atom is 0.416 e. The van der Waals surface area contributed by atoms with Crippen LogP contribution in [0.15, 0.2) is 30.6 Å². The third-order valence-electron chi connectivity index (χ3n) is 7.41. The average Bonchev–Trinajstić information content (AvgIpc) is 3.21. The van der Waals surface area contributed by atoms with Crippen LogP contribution < -0.4 is 4.90 Å². The minimum Gasteiger partial charge on any atom is -0.378 e. The van der Waals surface area contributed by atoms with E-state index >= 15 is 0 Å². The minimum absolute atomic E-state index is 0.130. The van der Waals surface area contributed by atoms with Crippen LogP contribution in [0.3, 0.4) is 0 Å². The molecule has 0 aliphatic carbocycles. The fourth-order valence-electron chi connectivity index (χ4n) is 5.64. The summed E-state index contributed by atoms with van der Waals surface area (Å²) in [6, 6.07) is 4.19. The van der Waals surface area contributed by atoms with Crippen molar-refractivity contribution < 1.29 is 22.7 Å². The monoisotopic (exact) mass is 515 g/mol. The first-order valence-electron chi connectivity index (χ1n) is 12.8. The Morgan fingerprint density at radius 1 is 1.14 bits per heavy atom. The van der Waals surface area contributed by atoms with E-state index in [4.69, 9.17) is 4.74 Å². The van der Waals surface area contributed by atoms with Gasteiger partial charge in [0, 0.05) is 38.8 Å². The Balaban J connectivity index is 1.60. The summed E-state index contributed by atoms with van der Waals surface area (Å²) >= 11 is 0. The zero-order valence-electron chi connectivity index (χ0n) is 21.4. The molecule has 0 unspecified atom stereocenters. The summed E-state index contributed by atoms with van der Waals surface area (Å²) in [7, 11) is 0. The fourth-order valence-corrected chi connectivity index (χ4v) is 5.64. The summed E-state index contributed by atoms with van der Waals surface area (Å²) in [4.78, 5) is 26.9. The Kier molecular flexibility index (Phi) is 6.87. The molecule has 3 aromatic rings. The summed E-state index contributed by atoms with van der Waals surface area (Å²) in [5.74, 6) is 0.893. The molecular weight excluding hydrogens is 483 g/mol. The lowest BCUT2D eigenvalue weighted by molar-refractivity contribution is -0.138. The second kappa shape index (κ2) is 9.96. The largest absolute Gasteiger partial charge is 0.416 e. The van der Waals surface area contributed by atoms with Gasteiger partial charge in [-0.05, 0) is 42.4 Å². The molecule has 10 heteroatoms. The van der Waals surface area contributed by atoms with E-state index in [0.717, 1.165) is 18.2 Å². The number of halogens is 3. The van der Waals surface area contributed by atoms with Gasteiger partial charge in [0.2, 0.25) is 5.78 Å². The van der Waals surface area contributed by atoms with Crippen molar-refractivity contribution in [3.8, 4) is 0 Å². The molecule has 0 N–H and O–H groups in total. The molecule has 0 saturated carbocycles. The molecule has 0 bridgehead atoms. The van der Waals surface area contributed by atoms with Gasteiger partial charge >= 0.3 is 6.18 Å². The number of aromatic nitrogens is 3. The first kappa shape index (κ1) is 25.5. The number of carbonyl (C=O) groups excluding carboxylic acids is 1. The second-order valence-corrected chi connectivity index (χ2v) is 10.4. The van der Waals surface area contributed by atoms with E-state index in [0.29, 0.717) is 68.3 Å². The summed E-state index contributed by atoms with van der Waals surface area (Å²) in [6.45, 7) is 9.62. The van der Waals surface area contributed by atoms with Crippen molar-refractivity contribution in [2.24, 2.45) is 11.8 Å². The number of benzene rings is 1. The average molecular weight is 516 g/mol. The number of carbonyl (C=O) groups is 1. The van der Waals surface area contributed by atoms with Crippen molar-refractivity contribution in [3.05, 3.63) is 58.7 Å². The maximum atomic E-state index is 13.8. The van der Waals surface area contributed by atoms with E-state index in [1.165, 1.54) is 13.0 Å². The Labute approximate surface area is 214 Å². The van der Waals surface area contributed by atoms with Gasteiger partial charge in [-0.25, -0.2) is 9.97 Å². The van der Waals surface area contributed by atoms with Crippen LogP contribution in [0.2, 0.25) is 0 Å². The van der Waals surface area contributed by atoms with Crippen LogP contribution in [-0.4, -0.2) is 64.6 Å². The van der Waals surface area contributed by atoms with E-state index in [1.54, 1.807) is 16.7 Å². The normalized spacial score (nSPS) is 21.0. The highest BCUT2D eigenvalue weighted by Crippen LogP contribution is 2.34. The van der Waals surface area contributed by atoms with Crippen LogP contribution in [0.25, 0.3) is 5.78 Å². The number of piperidine rings is 1. The molecule has 2 atom stereocenters. The van der Waals surface area contributed by atoms with Crippen LogP contribution >= 0.6 is 0 Å². The number of amides is 1. The number of ether oxygens (including phenoxy) is 1. The first-order valence-corrected chi connectivity index (χ1v) is 12.8. The van der Waals surface area contributed by atoms with Crippen LogP contribution in [-0.2, 0) is 17.3 Å². The smallest absolute Gasteiger partial charge is 0.378 e. The minimum atomic E-state index is -4.45. The van der Waals surface area contributed by atoms with Gasteiger partial charge in [0.15, 0.2) is 5.69 Å². The molecule has 2 fully saturated rings. The van der Waals surface area contributed by atoms with Crippen molar-refractivity contribution in [2.45, 2.75) is 39.8 Å². The zero-order valence-corrected chi connectivity index (χ0v) is 21.4. The fraction of sp³-hybridized carbons (Fsp3) is 0.519. The van der Waals surface area contributed by atoms with Crippen molar-refractivity contribution in [2.75, 3.05) is 44.3 Å². The maximum absolute atomic E-state index is 13.8. The van der Waals surface area contributed by atoms with Gasteiger partial charge in [-0.15, -0.1) is 0 Å². The van der Waals surface area contributed by atoms with Crippen LogP contribution in [0, 0.1) is 18.8 Å². The Morgan fingerprint density at radius 2 is 1.84 bits per heavy atom. The Morgan fingerprint density at radius 3 is 2.51 bits per heavy atom. The Bertz CT molecular complexity index is 1290. The number of rotatable bonds is 4. The van der Waals surface area contributed by atoms with Gasteiger partial charge in [0.05, 0.1) is 36.4 Å². The molecule has 0 spiro atoms. The van der Waals surface area contributed by atoms with Gasteiger partial charge in [-0.2, -0.15) is 13.2 Å². The standard InChI is InChI=1S/C27H32F3N5O2/c1-17-11-18(2)15-34(14-17)25(36)24-23(12-20-5-4-6-22(19(20)3)27(28,29)30)35-16-21(13-31-26(35)32-24)33-7-9-37-10-8-33/h4-6,13,16-18H,7-12,14-15H2,1-3H3/t17-,18+. The van der Waals surface area contributed by atoms with E-state index in [2.05, 4.69) is 28.7 Å². The molecule has 198 valence electrons. The molecule has 7 nitrogen and oxygen atoms in total. The zero-order chi connectivity index (χ0) is 26.3. The summed E-state index contributed by atoms with van der Waals surface area (Å²) < 4.78 is 48.1. The highest BCUT2D eigenvalue weighted by Gasteiger charge is 2.34. The molecule has 37 heavy (non-hydrogen) atoms. The van der Waals surface area contributed by atoms with Gasteiger partial charge in [-0.1, -0.05) is 26.0 Å². The molecule has 1 aromatic carbocycles. The summed E-state index contributed by atoms with van der Waals surface area (Å²) in [5, 5.41) is 0. The van der Waals surface area contributed by atoms with Crippen molar-refractivity contribution in [1.82, 2.24) is 19.3 Å². The van der Waals surface area contributed by atoms with Gasteiger partial charge in [0.1, 0.15) is 0 Å². The molecule has 2 aromatic heterocycles. The number of imidazole rings is 1. The van der Waals surface area contributed by atoms with Gasteiger partial charge in [-0.3, -0.25) is 9.20 Å². The SMILES string of the molecule is Cc1c(Cc2c(C(=O)N3C[C@H](C)C[C@H](C)C3)nc3ncc(N4CCOCC4)cn23)cccc1C(F)(F)F. The topological polar surface area (TPSA) is 63.0 Å². The molecule has 0 radical (unpaired) electrons. The first-order chi connectivity index (χ1) is 17.6. The van der Waals surface area contributed by atoms with Gasteiger partial charge in [0.25, 0.3) is 5.91 Å². The number of nitrogens with zero attached hydrogens (tertiary/aromatic N) is 5. The lowest BCUT2D eigenvalue weighted by Crippen LogP contribution is -2.43. The summed E-state index contributed by atoms with van der Waals surface area (Å²) in [6.07, 6.45) is 0.341. The summed E-state index contributed by atoms with van der Waals surface area (Å²) in [5.41, 5.74) is 1.65. The number of hydrogen-bond donors (Lipinski definition) is 0. The molecular formula is C27H32F3N5O2. The number of fused-ring (bicyclic) bond motifs is 1. The molecule has 4 heterocycles. The molecule has 2 aliphatic rings. The van der Waals surface area contributed by atoms with E-state index < -0.39 is 11.7 Å². The van der Waals surface area contributed by atoms with Crippen molar-refractivity contribution in [1.29, 1.82) is 0 Å². The van der Waals surface area contributed by atoms with Gasteiger partial charge < -0.3 is 14.5 Å². The predicted molar refractivity (Wildman–Crippen MR) is 134 cm³/mol. The molecule has 2 aliphatic heterocycles. The van der Waals surface area contributed by atoms with Crippen LogP contribution in [0.1, 0.15) is 53.1 Å². The van der Waals surface area contributed by atoms with Crippen molar-refractivity contribution >= 4 is 17.4 Å². The quantitative estimate of drug-likeness (QED) is 0.508. The molecule has 5 rings (SSSR count). The van der Waals surface area contributed by atoms with Crippen molar-refractivity contribution in [3.63, 3.8) is 0 Å². The van der Waals surface area contributed by atoms with Crippen LogP contribution in [0.4, 0.5) is 18.9 Å². The predicted octanol–water partition coefficient (Wildman–Crippen LogP) is 4.60. The van der Waals surface area contributed by atoms with E-state index in [-0.39, 0.29) is 23.6 Å². The third kappa shape index (κ3) is 5.16. The van der Waals surface area contributed by atoms with Crippen LogP contribution in [0.5, 0.6) is 0 Å². The lowest BCUT2D eigenvalue weighted by atomic mass is 9.91. The molecule has 2 saturated heterocycles. The molecule has 1 amide bonds. The third-order valence-corrected chi connectivity index (χ3v) is 7.41. The van der Waals surface area contributed by atoms with E-state index in [9.17, 15) is 18.0 Å². The lowest BCUT2D eigenvalue weighted by Gasteiger charge is -2.34.